The summed E-state index contributed by atoms with van der Waals surface area (Å²) < 4.78 is 12.5. The lowest BCUT2D eigenvalue weighted by molar-refractivity contribution is 1.29. The van der Waals surface area contributed by atoms with Crippen molar-refractivity contribution in [2.45, 2.75) is 9.79 Å². The molecule has 0 N–H and O–H groups in total. The second kappa shape index (κ2) is 2.59. The van der Waals surface area contributed by atoms with Gasteiger partial charge in [-0.05, 0) is 36.0 Å². The highest BCUT2D eigenvalue weighted by molar-refractivity contribution is 8.15. The van der Waals surface area contributed by atoms with Crippen molar-refractivity contribution in [1.82, 2.24) is 12.9 Å². The van der Waals surface area contributed by atoms with Crippen LogP contribution in [0.3, 0.4) is 0 Å². The van der Waals surface area contributed by atoms with Crippen molar-refractivity contribution >= 4 is 46.7 Å². The molecule has 6 heteroatoms. The Morgan fingerprint density at radius 1 is 0.917 bits per heavy atom. The van der Waals surface area contributed by atoms with E-state index in [9.17, 15) is 0 Å². The van der Waals surface area contributed by atoms with E-state index < -0.39 is 0 Å². The largest absolute Gasteiger partial charge is 0.173 e. The Morgan fingerprint density at radius 2 is 1.50 bits per heavy atom. The Bertz CT molecular complexity index is 401. The molecule has 1 aliphatic rings. The molecule has 1 radical (unpaired) electrons. The first kappa shape index (κ1) is 7.14. The molecule has 0 saturated carbocycles. The van der Waals surface area contributed by atoms with E-state index in [0.29, 0.717) is 0 Å². The molecule has 0 unspecified atom stereocenters. The fourth-order valence-corrected chi connectivity index (χ4v) is 3.19. The van der Waals surface area contributed by atoms with Gasteiger partial charge in [0, 0.05) is 9.79 Å². The van der Waals surface area contributed by atoms with Crippen LogP contribution in [0.4, 0.5) is 0 Å². The number of nitrogens with zero attached hydrogens (tertiary/aromatic N) is 3. The Balaban J connectivity index is 2.38. The molecular formula is C6H2N3S3. The molecule has 3 rings (SSSR count). The van der Waals surface area contributed by atoms with Crippen molar-refractivity contribution < 1.29 is 0 Å². The third-order valence-corrected chi connectivity index (χ3v) is 3.94. The molecule has 0 bridgehead atoms. The van der Waals surface area contributed by atoms with Crippen LogP contribution < -0.4 is 4.13 Å². The van der Waals surface area contributed by atoms with Crippen molar-refractivity contribution in [3.8, 4) is 0 Å². The second-order valence-electron chi connectivity index (χ2n) is 2.31. The molecule has 0 spiro atoms. The molecule has 2 heterocycles. The lowest BCUT2D eigenvalue weighted by atomic mass is 10.3. The lowest BCUT2D eigenvalue weighted by Crippen LogP contribution is -1.73. The topological polar surface area (TPSA) is 39.9 Å². The van der Waals surface area contributed by atoms with Gasteiger partial charge in [-0.15, -0.1) is 0 Å². The van der Waals surface area contributed by atoms with Crippen LogP contribution in [0, 0.1) is 0 Å². The van der Waals surface area contributed by atoms with Crippen molar-refractivity contribution in [1.29, 1.82) is 0 Å². The van der Waals surface area contributed by atoms with Crippen molar-refractivity contribution in [3.05, 3.63) is 12.1 Å². The summed E-state index contributed by atoms with van der Waals surface area (Å²) >= 11 is 4.28. The molecule has 1 aromatic heterocycles. The molecule has 1 aliphatic heterocycles. The summed E-state index contributed by atoms with van der Waals surface area (Å²) in [5, 5.41) is 0. The zero-order chi connectivity index (χ0) is 7.97. The van der Waals surface area contributed by atoms with Crippen LogP contribution in [-0.4, -0.2) is 8.75 Å². The number of rotatable bonds is 0. The molecule has 0 fully saturated rings. The molecule has 0 aliphatic carbocycles. The average Bonchev–Trinajstić information content (AvgIpc) is 2.64. The zero-order valence-corrected chi connectivity index (χ0v) is 8.17. The Morgan fingerprint density at radius 3 is 2.08 bits per heavy atom. The molecule has 2 aromatic rings. The second-order valence-corrected chi connectivity index (χ2v) is 4.68. The first-order valence-electron chi connectivity index (χ1n) is 3.24. The van der Waals surface area contributed by atoms with E-state index in [2.05, 4.69) is 12.9 Å². The lowest BCUT2D eigenvalue weighted by Gasteiger charge is -1.91. The minimum Gasteiger partial charge on any atom is -0.173 e. The van der Waals surface area contributed by atoms with E-state index in [4.69, 9.17) is 0 Å². The summed E-state index contributed by atoms with van der Waals surface area (Å²) in [5.41, 5.74) is 1.95. The number of benzene rings is 1. The Hall–Kier alpha value is -0.300. The quantitative estimate of drug-likeness (QED) is 0.628. The first-order valence-corrected chi connectivity index (χ1v) is 5.52. The molecule has 12 heavy (non-hydrogen) atoms. The predicted octanol–water partition coefficient (Wildman–Crippen LogP) is 2.32. The SMILES string of the molecule is c1c2c(cc3nsnc13)S[N]S2. The summed E-state index contributed by atoms with van der Waals surface area (Å²) in [7, 11) is 0. The molecule has 1 aromatic carbocycles. The first-order chi connectivity index (χ1) is 5.93. The smallest absolute Gasteiger partial charge is 0.106 e. The summed E-state index contributed by atoms with van der Waals surface area (Å²) in [6.07, 6.45) is 0. The predicted molar refractivity (Wildman–Crippen MR) is 51.3 cm³/mol. The van der Waals surface area contributed by atoms with E-state index in [1.54, 1.807) is 0 Å². The van der Waals surface area contributed by atoms with E-state index in [1.165, 1.54) is 45.4 Å². The fourth-order valence-electron chi connectivity index (χ4n) is 1.03. The molecule has 0 saturated heterocycles. The van der Waals surface area contributed by atoms with Crippen molar-refractivity contribution in [3.63, 3.8) is 0 Å². The highest BCUT2D eigenvalue weighted by Crippen LogP contribution is 2.40. The van der Waals surface area contributed by atoms with Gasteiger partial charge >= 0.3 is 0 Å². The summed E-state index contributed by atoms with van der Waals surface area (Å²) in [6, 6.07) is 4.09. The fraction of sp³-hybridized carbons (Fsp3) is 0. The van der Waals surface area contributed by atoms with Crippen molar-refractivity contribution in [2.75, 3.05) is 0 Å². The van der Waals surface area contributed by atoms with Gasteiger partial charge in [0.15, 0.2) is 0 Å². The molecule has 3 nitrogen and oxygen atoms in total. The number of fused-ring (bicyclic) bond motifs is 2. The highest BCUT2D eigenvalue weighted by atomic mass is 32.2. The van der Waals surface area contributed by atoms with Gasteiger partial charge in [-0.1, -0.05) is 4.13 Å². The van der Waals surface area contributed by atoms with Crippen LogP contribution in [0.2, 0.25) is 0 Å². The molecule has 0 amide bonds. The van der Waals surface area contributed by atoms with Crippen LogP contribution in [-0.2, 0) is 0 Å². The number of aromatic nitrogens is 2. The monoisotopic (exact) mass is 212 g/mol. The van der Waals surface area contributed by atoms with Gasteiger partial charge in [-0.2, -0.15) is 8.75 Å². The third kappa shape index (κ3) is 0.957. The molecular weight excluding hydrogens is 210 g/mol. The van der Waals surface area contributed by atoms with E-state index in [-0.39, 0.29) is 0 Å². The number of hydrogen-bond acceptors (Lipinski definition) is 5. The van der Waals surface area contributed by atoms with Gasteiger partial charge in [-0.25, -0.2) is 0 Å². The van der Waals surface area contributed by atoms with Crippen LogP contribution in [0.5, 0.6) is 0 Å². The van der Waals surface area contributed by atoms with Crippen molar-refractivity contribution in [2.24, 2.45) is 0 Å². The van der Waals surface area contributed by atoms with Gasteiger partial charge in [0.05, 0.1) is 11.7 Å². The van der Waals surface area contributed by atoms with Crippen LogP contribution in [0.25, 0.3) is 11.0 Å². The zero-order valence-electron chi connectivity index (χ0n) is 5.72. The van der Waals surface area contributed by atoms with Crippen LogP contribution in [0.15, 0.2) is 21.9 Å². The maximum absolute atomic E-state index is 4.16. The van der Waals surface area contributed by atoms with Crippen LogP contribution >= 0.6 is 35.6 Å². The van der Waals surface area contributed by atoms with E-state index in [0.717, 1.165) is 11.0 Å². The third-order valence-electron chi connectivity index (χ3n) is 1.59. The maximum Gasteiger partial charge on any atom is 0.106 e. The van der Waals surface area contributed by atoms with Gasteiger partial charge in [0.1, 0.15) is 11.0 Å². The molecule has 0 atom stereocenters. The van der Waals surface area contributed by atoms with Crippen LogP contribution in [0.1, 0.15) is 0 Å². The van der Waals surface area contributed by atoms with Gasteiger partial charge in [0.2, 0.25) is 0 Å². The molecule has 59 valence electrons. The van der Waals surface area contributed by atoms with E-state index >= 15 is 0 Å². The number of hydrogen-bond donors (Lipinski definition) is 0. The van der Waals surface area contributed by atoms with E-state index in [1.807, 2.05) is 12.1 Å². The normalized spacial score (nSPS) is 15.3. The summed E-state index contributed by atoms with van der Waals surface area (Å²) in [5.74, 6) is 0. The highest BCUT2D eigenvalue weighted by Gasteiger charge is 2.15. The summed E-state index contributed by atoms with van der Waals surface area (Å²) in [6.45, 7) is 0. The minimum absolute atomic E-state index is 0.976. The van der Waals surface area contributed by atoms with Gasteiger partial charge in [-0.3, -0.25) is 0 Å². The van der Waals surface area contributed by atoms with Gasteiger partial charge < -0.3 is 0 Å². The maximum atomic E-state index is 4.16. The summed E-state index contributed by atoms with van der Waals surface area (Å²) in [4.78, 5) is 2.39. The minimum atomic E-state index is 0.976. The van der Waals surface area contributed by atoms with Gasteiger partial charge in [0.25, 0.3) is 0 Å². The average molecular weight is 212 g/mol. The Kier molecular flexibility index (Phi) is 1.54. The standard InChI is InChI=1S/C6H2N3S3/c1-3-4(8-12-7-3)2-6-5(1)10-9-11-6/h1-2H. The Labute approximate surface area is 81.5 Å².